The number of thiocarbonyl (C=S) groups is 1. The van der Waals surface area contributed by atoms with Crippen LogP contribution in [-0.4, -0.2) is 34.2 Å². The van der Waals surface area contributed by atoms with Crippen molar-refractivity contribution in [2.24, 2.45) is 0 Å². The molecule has 146 valence electrons. The van der Waals surface area contributed by atoms with Gasteiger partial charge in [-0.3, -0.25) is 14.5 Å². The van der Waals surface area contributed by atoms with Crippen LogP contribution in [0.25, 0.3) is 6.08 Å². The molecule has 0 bridgehead atoms. The summed E-state index contributed by atoms with van der Waals surface area (Å²) in [5.41, 5.74) is 2.19. The van der Waals surface area contributed by atoms with Crippen molar-refractivity contribution in [1.82, 2.24) is 4.90 Å². The molecule has 0 spiro atoms. The van der Waals surface area contributed by atoms with Gasteiger partial charge in [-0.2, -0.15) is 0 Å². The third-order valence-electron chi connectivity index (χ3n) is 4.27. The Morgan fingerprint density at radius 2 is 1.93 bits per heavy atom. The number of carbonyl (C=O) groups is 2. The van der Waals surface area contributed by atoms with Gasteiger partial charge in [0.05, 0.1) is 11.5 Å². The number of amides is 1. The number of unbranched alkanes of at least 4 members (excludes halogenated alkanes) is 3. The SMILES string of the molecule is CCCCOC(=O)CCCCCN1C(=O)/C(=C/c2ccc(C)cc2)SC1=S. The fourth-order valence-electron chi connectivity index (χ4n) is 2.63. The van der Waals surface area contributed by atoms with Gasteiger partial charge in [0.2, 0.25) is 0 Å². The molecule has 0 aromatic heterocycles. The minimum Gasteiger partial charge on any atom is -0.466 e. The lowest BCUT2D eigenvalue weighted by atomic mass is 10.1. The topological polar surface area (TPSA) is 46.6 Å². The zero-order valence-electron chi connectivity index (χ0n) is 16.0. The van der Waals surface area contributed by atoms with Crippen molar-refractivity contribution >= 4 is 46.3 Å². The second kappa shape index (κ2) is 11.2. The number of hydrogen-bond acceptors (Lipinski definition) is 5. The van der Waals surface area contributed by atoms with Crippen molar-refractivity contribution in [3.63, 3.8) is 0 Å². The number of thioether (sulfide) groups is 1. The maximum Gasteiger partial charge on any atom is 0.305 e. The van der Waals surface area contributed by atoms with Gasteiger partial charge < -0.3 is 4.74 Å². The van der Waals surface area contributed by atoms with E-state index in [1.807, 2.05) is 37.3 Å². The van der Waals surface area contributed by atoms with Crippen LogP contribution in [0.4, 0.5) is 0 Å². The molecule has 1 fully saturated rings. The van der Waals surface area contributed by atoms with E-state index >= 15 is 0 Å². The van der Waals surface area contributed by atoms with Crippen LogP contribution in [0.1, 0.15) is 56.6 Å². The summed E-state index contributed by atoms with van der Waals surface area (Å²) in [7, 11) is 0. The summed E-state index contributed by atoms with van der Waals surface area (Å²) in [4.78, 5) is 26.5. The van der Waals surface area contributed by atoms with Gasteiger partial charge in [0, 0.05) is 13.0 Å². The van der Waals surface area contributed by atoms with Gasteiger partial charge in [-0.25, -0.2) is 0 Å². The molecule has 1 saturated heterocycles. The number of rotatable bonds is 10. The molecule has 0 aliphatic carbocycles. The number of hydrogen-bond donors (Lipinski definition) is 0. The Hall–Kier alpha value is -1.66. The first-order chi connectivity index (χ1) is 13.0. The van der Waals surface area contributed by atoms with E-state index < -0.39 is 0 Å². The van der Waals surface area contributed by atoms with Gasteiger partial charge in [0.25, 0.3) is 5.91 Å². The van der Waals surface area contributed by atoms with E-state index in [9.17, 15) is 9.59 Å². The number of benzene rings is 1. The molecule has 0 unspecified atom stereocenters. The van der Waals surface area contributed by atoms with Crippen molar-refractivity contribution in [3.8, 4) is 0 Å². The predicted octanol–water partition coefficient (Wildman–Crippen LogP) is 5.10. The Morgan fingerprint density at radius 3 is 2.63 bits per heavy atom. The zero-order chi connectivity index (χ0) is 19.6. The lowest BCUT2D eigenvalue weighted by molar-refractivity contribution is -0.143. The highest BCUT2D eigenvalue weighted by molar-refractivity contribution is 8.26. The molecule has 1 heterocycles. The van der Waals surface area contributed by atoms with E-state index in [0.717, 1.165) is 37.7 Å². The van der Waals surface area contributed by atoms with Crippen LogP contribution in [-0.2, 0) is 14.3 Å². The van der Waals surface area contributed by atoms with Crippen LogP contribution in [0.15, 0.2) is 29.2 Å². The highest BCUT2D eigenvalue weighted by Crippen LogP contribution is 2.32. The lowest BCUT2D eigenvalue weighted by Gasteiger charge is -2.14. The maximum atomic E-state index is 12.6. The van der Waals surface area contributed by atoms with Gasteiger partial charge in [-0.05, 0) is 37.8 Å². The van der Waals surface area contributed by atoms with Gasteiger partial charge in [-0.1, -0.05) is 73.6 Å². The van der Waals surface area contributed by atoms with E-state index in [4.69, 9.17) is 17.0 Å². The fraction of sp³-hybridized carbons (Fsp3) is 0.476. The van der Waals surface area contributed by atoms with Crippen molar-refractivity contribution in [2.45, 2.75) is 52.4 Å². The molecule has 0 N–H and O–H groups in total. The molecule has 6 heteroatoms. The minimum absolute atomic E-state index is 0.0236. The molecule has 4 nitrogen and oxygen atoms in total. The van der Waals surface area contributed by atoms with E-state index in [1.165, 1.54) is 17.3 Å². The second-order valence-electron chi connectivity index (χ2n) is 6.63. The number of aryl methyl sites for hydroxylation is 1. The smallest absolute Gasteiger partial charge is 0.305 e. The number of carbonyl (C=O) groups excluding carboxylic acids is 2. The zero-order valence-corrected chi connectivity index (χ0v) is 17.7. The summed E-state index contributed by atoms with van der Waals surface area (Å²) >= 11 is 6.72. The summed E-state index contributed by atoms with van der Waals surface area (Å²) in [6, 6.07) is 8.06. The van der Waals surface area contributed by atoms with Crippen molar-refractivity contribution in [3.05, 3.63) is 40.3 Å². The number of esters is 1. The van der Waals surface area contributed by atoms with Gasteiger partial charge in [-0.15, -0.1) is 0 Å². The summed E-state index contributed by atoms with van der Waals surface area (Å²) in [5.74, 6) is -0.153. The first-order valence-corrected chi connectivity index (χ1v) is 10.7. The number of nitrogens with zero attached hydrogens (tertiary/aromatic N) is 1. The van der Waals surface area contributed by atoms with E-state index in [1.54, 1.807) is 4.90 Å². The molecule has 0 atom stereocenters. The van der Waals surface area contributed by atoms with Crippen LogP contribution in [0.3, 0.4) is 0 Å². The molecule has 1 aromatic rings. The van der Waals surface area contributed by atoms with E-state index in [-0.39, 0.29) is 11.9 Å². The highest BCUT2D eigenvalue weighted by Gasteiger charge is 2.31. The molecule has 27 heavy (non-hydrogen) atoms. The Labute approximate surface area is 171 Å². The molecular weight excluding hydrogens is 378 g/mol. The van der Waals surface area contributed by atoms with E-state index in [2.05, 4.69) is 6.92 Å². The predicted molar refractivity (Wildman–Crippen MR) is 115 cm³/mol. The molecule has 0 radical (unpaired) electrons. The average Bonchev–Trinajstić information content (AvgIpc) is 2.90. The fourth-order valence-corrected chi connectivity index (χ4v) is 3.93. The first kappa shape index (κ1) is 21.6. The van der Waals surface area contributed by atoms with Crippen LogP contribution in [0.5, 0.6) is 0 Å². The molecule has 1 aliphatic rings. The summed E-state index contributed by atoms with van der Waals surface area (Å²) in [6.45, 7) is 5.21. The third kappa shape index (κ3) is 7.11. The molecule has 1 aliphatic heterocycles. The van der Waals surface area contributed by atoms with Crippen LogP contribution >= 0.6 is 24.0 Å². The van der Waals surface area contributed by atoms with Crippen LogP contribution in [0.2, 0.25) is 0 Å². The largest absolute Gasteiger partial charge is 0.466 e. The quantitative estimate of drug-likeness (QED) is 0.235. The van der Waals surface area contributed by atoms with Gasteiger partial charge in [0.1, 0.15) is 4.32 Å². The third-order valence-corrected chi connectivity index (χ3v) is 5.65. The van der Waals surface area contributed by atoms with Crippen molar-refractivity contribution < 1.29 is 14.3 Å². The normalized spacial score (nSPS) is 15.6. The summed E-state index contributed by atoms with van der Waals surface area (Å²) in [6.07, 6.45) is 6.74. The minimum atomic E-state index is -0.130. The molecule has 1 amide bonds. The summed E-state index contributed by atoms with van der Waals surface area (Å²) < 4.78 is 5.75. The lowest BCUT2D eigenvalue weighted by Crippen LogP contribution is -2.29. The van der Waals surface area contributed by atoms with Crippen LogP contribution < -0.4 is 0 Å². The Balaban J connectivity index is 1.74. The monoisotopic (exact) mass is 405 g/mol. The molecule has 1 aromatic carbocycles. The first-order valence-electron chi connectivity index (χ1n) is 9.49. The summed E-state index contributed by atoms with van der Waals surface area (Å²) in [5, 5.41) is 0. The Bertz CT molecular complexity index is 698. The van der Waals surface area contributed by atoms with Gasteiger partial charge >= 0.3 is 5.97 Å². The molecule has 0 saturated carbocycles. The van der Waals surface area contributed by atoms with Crippen molar-refractivity contribution in [1.29, 1.82) is 0 Å². The van der Waals surface area contributed by atoms with Crippen molar-refractivity contribution in [2.75, 3.05) is 13.2 Å². The maximum absolute atomic E-state index is 12.6. The Morgan fingerprint density at radius 1 is 1.19 bits per heavy atom. The Kier molecular flexibility index (Phi) is 9.01. The average molecular weight is 406 g/mol. The number of ether oxygens (including phenoxy) is 1. The second-order valence-corrected chi connectivity index (χ2v) is 8.30. The van der Waals surface area contributed by atoms with E-state index in [0.29, 0.717) is 28.8 Å². The van der Waals surface area contributed by atoms with Gasteiger partial charge in [0.15, 0.2) is 0 Å². The molecule has 2 rings (SSSR count). The standard InChI is InChI=1S/C21H27NO3S2/c1-3-4-14-25-19(23)8-6-5-7-13-22-20(24)18(27-21(22)26)15-17-11-9-16(2)10-12-17/h9-12,15H,3-8,13-14H2,1-2H3/b18-15-. The highest BCUT2D eigenvalue weighted by atomic mass is 32.2. The molecular formula is C21H27NO3S2. The van der Waals surface area contributed by atoms with Crippen LogP contribution in [0, 0.1) is 6.92 Å².